The Morgan fingerprint density at radius 2 is 1.97 bits per heavy atom. The second-order valence-corrected chi connectivity index (χ2v) is 8.93. The fourth-order valence-electron chi connectivity index (χ4n) is 4.51. The van der Waals surface area contributed by atoms with Gasteiger partial charge in [0.05, 0.1) is 25.4 Å². The number of esters is 1. The van der Waals surface area contributed by atoms with Gasteiger partial charge in [0.15, 0.2) is 11.4 Å². The molecular weight excluding hydrogens is 452 g/mol. The molecule has 4 rings (SSSR count). The van der Waals surface area contributed by atoms with E-state index in [1.807, 2.05) is 37.3 Å². The minimum Gasteiger partial charge on any atom is -0.483 e. The summed E-state index contributed by atoms with van der Waals surface area (Å²) in [6, 6.07) is 9.35. The topological polar surface area (TPSA) is 96.3 Å². The number of benzene rings is 1. The number of rotatable bonds is 10. The van der Waals surface area contributed by atoms with Crippen LogP contribution in [0.5, 0.6) is 5.75 Å². The summed E-state index contributed by atoms with van der Waals surface area (Å²) in [5, 5.41) is 0. The predicted octanol–water partition coefficient (Wildman–Crippen LogP) is 2.60. The number of pyridine rings is 1. The van der Waals surface area contributed by atoms with E-state index in [0.717, 1.165) is 12.0 Å². The Bertz CT molecular complexity index is 1110. The van der Waals surface area contributed by atoms with Crippen molar-refractivity contribution < 1.29 is 28.5 Å². The van der Waals surface area contributed by atoms with E-state index in [-0.39, 0.29) is 36.1 Å². The van der Waals surface area contributed by atoms with Gasteiger partial charge in [-0.15, -0.1) is 0 Å². The summed E-state index contributed by atoms with van der Waals surface area (Å²) >= 11 is 0. The molecule has 1 atom stereocenters. The number of amides is 1. The first-order valence-corrected chi connectivity index (χ1v) is 12.0. The van der Waals surface area contributed by atoms with E-state index >= 15 is 0 Å². The summed E-state index contributed by atoms with van der Waals surface area (Å²) in [6.45, 7) is 4.24. The number of unbranched alkanes of at least 4 members (excludes halogenated alkanes) is 1. The fraction of sp³-hybridized carbons (Fsp3) is 0.500. The molecule has 1 fully saturated rings. The third kappa shape index (κ3) is 5.11. The Morgan fingerprint density at radius 3 is 2.66 bits per heavy atom. The van der Waals surface area contributed by atoms with Crippen molar-refractivity contribution >= 4 is 11.9 Å². The quantitative estimate of drug-likeness (QED) is 0.378. The Hall–Kier alpha value is -3.17. The molecule has 1 spiro atoms. The molecule has 9 heteroatoms. The largest absolute Gasteiger partial charge is 0.483 e. The summed E-state index contributed by atoms with van der Waals surface area (Å²) in [5.74, 6) is -1.20. The predicted molar refractivity (Wildman–Crippen MR) is 128 cm³/mol. The number of carbonyl (C=O) groups is 2. The smallest absolute Gasteiger partial charge is 0.343 e. The van der Waals surface area contributed by atoms with Gasteiger partial charge in [-0.3, -0.25) is 9.59 Å². The number of hydrogen-bond acceptors (Lipinski definition) is 7. The van der Waals surface area contributed by atoms with Crippen LogP contribution in [0.3, 0.4) is 0 Å². The lowest BCUT2D eigenvalue weighted by atomic mass is 9.92. The summed E-state index contributed by atoms with van der Waals surface area (Å²) in [4.78, 5) is 41.7. The van der Waals surface area contributed by atoms with Crippen molar-refractivity contribution in [2.45, 2.75) is 38.3 Å². The van der Waals surface area contributed by atoms with Crippen LogP contribution in [0.15, 0.2) is 41.3 Å². The van der Waals surface area contributed by atoms with E-state index in [0.29, 0.717) is 45.8 Å². The van der Waals surface area contributed by atoms with Crippen LogP contribution < -0.4 is 10.2 Å². The zero-order chi connectivity index (χ0) is 24.8. The summed E-state index contributed by atoms with van der Waals surface area (Å²) < 4.78 is 24.0. The van der Waals surface area contributed by atoms with Gasteiger partial charge in [-0.1, -0.05) is 43.7 Å². The van der Waals surface area contributed by atoms with Crippen LogP contribution in [-0.4, -0.2) is 68.0 Å². The highest BCUT2D eigenvalue weighted by atomic mass is 16.5. The monoisotopic (exact) mass is 484 g/mol. The van der Waals surface area contributed by atoms with Crippen molar-refractivity contribution in [3.05, 3.63) is 63.6 Å². The third-order valence-corrected chi connectivity index (χ3v) is 6.48. The maximum absolute atomic E-state index is 13.6. The lowest BCUT2D eigenvalue weighted by Gasteiger charge is -2.43. The van der Waals surface area contributed by atoms with E-state index < -0.39 is 16.9 Å². The van der Waals surface area contributed by atoms with Gasteiger partial charge < -0.3 is 28.4 Å². The molecule has 2 aliphatic rings. The first kappa shape index (κ1) is 24.9. The van der Waals surface area contributed by atoms with Gasteiger partial charge in [0, 0.05) is 33.0 Å². The van der Waals surface area contributed by atoms with Crippen LogP contribution in [0, 0.1) is 0 Å². The highest BCUT2D eigenvalue weighted by Gasteiger charge is 2.47. The van der Waals surface area contributed by atoms with E-state index in [1.165, 1.54) is 6.20 Å². The minimum absolute atomic E-state index is 0.0757. The van der Waals surface area contributed by atoms with E-state index in [2.05, 4.69) is 0 Å². The van der Waals surface area contributed by atoms with Crippen molar-refractivity contribution in [1.82, 2.24) is 9.47 Å². The molecule has 1 aromatic carbocycles. The van der Waals surface area contributed by atoms with Gasteiger partial charge >= 0.3 is 5.97 Å². The van der Waals surface area contributed by atoms with Crippen LogP contribution in [0.4, 0.5) is 0 Å². The molecule has 0 saturated carbocycles. The van der Waals surface area contributed by atoms with Gasteiger partial charge in [0.25, 0.3) is 5.91 Å². The Labute approximate surface area is 204 Å². The molecule has 35 heavy (non-hydrogen) atoms. The van der Waals surface area contributed by atoms with Gasteiger partial charge in [0.1, 0.15) is 12.2 Å². The van der Waals surface area contributed by atoms with Gasteiger partial charge in [-0.25, -0.2) is 4.79 Å². The number of nitrogens with zero attached hydrogens (tertiary/aromatic N) is 2. The number of ether oxygens (including phenoxy) is 4. The molecule has 0 aliphatic carbocycles. The first-order valence-electron chi connectivity index (χ1n) is 12.0. The maximum atomic E-state index is 13.6. The standard InChI is InChI=1S/C26H32N2O7/c1-3-4-12-34-25(31)20-15-28-21(23(22(20)29)35-16-19-8-6-5-7-9-19)24(30)27(11-14-32-2)17-26(28)10-13-33-18-26/h5-9,15H,3-4,10-14,16-18H2,1-2H3. The molecule has 0 N–H and O–H groups in total. The maximum Gasteiger partial charge on any atom is 0.343 e. The molecule has 2 aliphatic heterocycles. The van der Waals surface area contributed by atoms with E-state index in [4.69, 9.17) is 18.9 Å². The van der Waals surface area contributed by atoms with E-state index in [1.54, 1.807) is 16.6 Å². The average molecular weight is 485 g/mol. The zero-order valence-electron chi connectivity index (χ0n) is 20.3. The normalized spacial score (nSPS) is 19.1. The van der Waals surface area contributed by atoms with Crippen molar-refractivity contribution in [1.29, 1.82) is 0 Å². The van der Waals surface area contributed by atoms with Gasteiger partial charge in [-0.05, 0) is 18.4 Å². The number of carbonyl (C=O) groups excluding carboxylic acids is 2. The number of fused-ring (bicyclic) bond motifs is 2. The Kier molecular flexibility index (Phi) is 7.87. The molecule has 1 saturated heterocycles. The Balaban J connectivity index is 1.82. The molecule has 1 amide bonds. The lowest BCUT2D eigenvalue weighted by molar-refractivity contribution is 0.0407. The zero-order valence-corrected chi connectivity index (χ0v) is 20.3. The second kappa shape index (κ2) is 11.0. The van der Waals surface area contributed by atoms with Crippen LogP contribution in [0.1, 0.15) is 52.6 Å². The lowest BCUT2D eigenvalue weighted by Crippen LogP contribution is -2.56. The highest BCUT2D eigenvalue weighted by Crippen LogP contribution is 2.37. The number of methoxy groups -OCH3 is 1. The Morgan fingerprint density at radius 1 is 1.17 bits per heavy atom. The van der Waals surface area contributed by atoms with Crippen molar-refractivity contribution in [2.24, 2.45) is 0 Å². The average Bonchev–Trinajstić information content (AvgIpc) is 3.34. The molecule has 2 aromatic rings. The molecule has 3 heterocycles. The first-order chi connectivity index (χ1) is 17.0. The molecule has 0 bridgehead atoms. The van der Waals surface area contributed by atoms with Crippen LogP contribution >= 0.6 is 0 Å². The molecule has 1 aromatic heterocycles. The van der Waals surface area contributed by atoms with Crippen LogP contribution in [0.2, 0.25) is 0 Å². The molecular formula is C26H32N2O7. The third-order valence-electron chi connectivity index (χ3n) is 6.48. The summed E-state index contributed by atoms with van der Waals surface area (Å²) in [5.41, 5.74) is -0.445. The summed E-state index contributed by atoms with van der Waals surface area (Å²) in [7, 11) is 1.58. The molecule has 0 radical (unpaired) electrons. The van der Waals surface area contributed by atoms with Crippen LogP contribution in [-0.2, 0) is 26.4 Å². The fourth-order valence-corrected chi connectivity index (χ4v) is 4.51. The molecule has 188 valence electrons. The number of hydrogen-bond donors (Lipinski definition) is 0. The summed E-state index contributed by atoms with van der Waals surface area (Å²) in [6.07, 6.45) is 3.64. The van der Waals surface area contributed by atoms with Crippen molar-refractivity contribution in [2.75, 3.05) is 46.6 Å². The van der Waals surface area contributed by atoms with Crippen molar-refractivity contribution in [3.63, 3.8) is 0 Å². The van der Waals surface area contributed by atoms with Gasteiger partial charge in [0.2, 0.25) is 5.43 Å². The molecule has 9 nitrogen and oxygen atoms in total. The second-order valence-electron chi connectivity index (χ2n) is 8.93. The van der Waals surface area contributed by atoms with Crippen LogP contribution in [0.25, 0.3) is 0 Å². The van der Waals surface area contributed by atoms with Gasteiger partial charge in [-0.2, -0.15) is 0 Å². The molecule has 1 unspecified atom stereocenters. The SMILES string of the molecule is CCCCOC(=O)c1cn2c(c(OCc3ccccc3)c1=O)C(=O)N(CCOC)CC21CCOC1. The van der Waals surface area contributed by atoms with Crippen molar-refractivity contribution in [3.8, 4) is 5.75 Å². The minimum atomic E-state index is -0.716. The van der Waals surface area contributed by atoms with E-state index in [9.17, 15) is 14.4 Å². The highest BCUT2D eigenvalue weighted by molar-refractivity contribution is 5.98. The number of aromatic nitrogens is 1.